The van der Waals surface area contributed by atoms with E-state index in [1.807, 2.05) is 43.0 Å². The Bertz CT molecular complexity index is 2230. The molecule has 2 aliphatic rings. The molecule has 0 spiro atoms. The van der Waals surface area contributed by atoms with E-state index in [9.17, 15) is 29.1 Å². The Labute approximate surface area is 331 Å². The second-order valence-electron chi connectivity index (χ2n) is 14.3. The number of aromatic nitrogens is 1. The fourth-order valence-corrected chi connectivity index (χ4v) is 7.48. The third-order valence-corrected chi connectivity index (χ3v) is 10.6. The minimum atomic E-state index is -1.16. The number of nitrogens with zero attached hydrogens (tertiary/aromatic N) is 4. The highest BCUT2D eigenvalue weighted by Gasteiger charge is 2.33. The summed E-state index contributed by atoms with van der Waals surface area (Å²) in [6.45, 7) is 12.9. The molecule has 0 aliphatic carbocycles. The Morgan fingerprint density at radius 2 is 1.53 bits per heavy atom. The minimum Gasteiger partial charge on any atom is -0.478 e. The zero-order valence-corrected chi connectivity index (χ0v) is 32.8. The quantitative estimate of drug-likeness (QED) is 0.0982. The second-order valence-corrected chi connectivity index (χ2v) is 14.3. The number of primary amides is 1. The summed E-state index contributed by atoms with van der Waals surface area (Å²) in [6, 6.07) is 18.8. The molecule has 1 atom stereocenters. The maximum absolute atomic E-state index is 13.4. The average Bonchev–Trinajstić information content (AvgIpc) is 3.61. The van der Waals surface area contributed by atoms with E-state index in [0.29, 0.717) is 63.9 Å². The lowest BCUT2D eigenvalue weighted by Gasteiger charge is -2.32. The summed E-state index contributed by atoms with van der Waals surface area (Å²) < 4.78 is 1.58. The summed E-state index contributed by atoms with van der Waals surface area (Å²) in [5.74, 6) is -2.53. The van der Waals surface area contributed by atoms with Crippen LogP contribution in [0.15, 0.2) is 66.7 Å². The van der Waals surface area contributed by atoms with E-state index in [-0.39, 0.29) is 17.0 Å². The number of hydrogen-bond acceptors (Lipinski definition) is 8. The van der Waals surface area contributed by atoms with Crippen LogP contribution < -0.4 is 27.0 Å². The van der Waals surface area contributed by atoms with Crippen LogP contribution in [0, 0.1) is 13.8 Å². The van der Waals surface area contributed by atoms with Gasteiger partial charge in [0.25, 0.3) is 17.7 Å². The molecule has 1 aromatic heterocycles. The van der Waals surface area contributed by atoms with Crippen LogP contribution in [0.4, 0.5) is 27.5 Å². The first-order valence-corrected chi connectivity index (χ1v) is 18.9. The Morgan fingerprint density at radius 1 is 0.895 bits per heavy atom. The Hall–Kier alpha value is -6.29. The van der Waals surface area contributed by atoms with Crippen LogP contribution in [0.5, 0.6) is 0 Å². The SMILES string of the molecule is CCN(CC)C(C(N)=O)n1c(C)c(C(=O)O)c(C)c1C=C1C(=O)Nc2cc(NC(=O)Nc3cccc(NC(=O)c4ccc(CN5CCN(C)CC5)cc4)c3)ccc21. The molecule has 1 fully saturated rings. The van der Waals surface area contributed by atoms with Crippen LogP contribution in [0.3, 0.4) is 0 Å². The van der Waals surface area contributed by atoms with Gasteiger partial charge in [-0.3, -0.25) is 24.2 Å². The monoisotopic (exact) mass is 775 g/mol. The maximum atomic E-state index is 13.4. The molecular weight excluding hydrogens is 727 g/mol. The summed E-state index contributed by atoms with van der Waals surface area (Å²) in [4.78, 5) is 71.2. The number of likely N-dealkylation sites (N-methyl/N-ethyl adjacent to an activating group) is 2. The number of nitrogens with one attached hydrogen (secondary N) is 4. The summed E-state index contributed by atoms with van der Waals surface area (Å²) >= 11 is 0. The van der Waals surface area contributed by atoms with Gasteiger partial charge in [-0.05, 0) is 93.7 Å². The van der Waals surface area contributed by atoms with Gasteiger partial charge in [-0.2, -0.15) is 0 Å². The van der Waals surface area contributed by atoms with Gasteiger partial charge in [0, 0.05) is 72.3 Å². The molecule has 3 aromatic carbocycles. The number of carbonyl (C=O) groups excluding carboxylic acids is 4. The third kappa shape index (κ3) is 8.91. The van der Waals surface area contributed by atoms with Crippen LogP contribution >= 0.6 is 0 Å². The van der Waals surface area contributed by atoms with Crippen LogP contribution in [0.25, 0.3) is 11.6 Å². The molecule has 0 bridgehead atoms. The Balaban J connectivity index is 1.13. The molecule has 7 N–H and O–H groups in total. The van der Waals surface area contributed by atoms with Gasteiger partial charge in [0.05, 0.1) is 16.8 Å². The van der Waals surface area contributed by atoms with Gasteiger partial charge in [-0.1, -0.05) is 38.1 Å². The molecule has 1 saturated heterocycles. The molecule has 1 unspecified atom stereocenters. The highest BCUT2D eigenvalue weighted by Crippen LogP contribution is 2.38. The summed E-state index contributed by atoms with van der Waals surface area (Å²) in [6.07, 6.45) is 0.588. The van der Waals surface area contributed by atoms with Crippen molar-refractivity contribution in [2.24, 2.45) is 5.73 Å². The molecular formula is C42H49N9O6. The van der Waals surface area contributed by atoms with Crippen molar-refractivity contribution in [2.75, 3.05) is 67.6 Å². The van der Waals surface area contributed by atoms with Crippen LogP contribution in [-0.4, -0.2) is 100 Å². The lowest BCUT2D eigenvalue weighted by molar-refractivity contribution is -0.126. The number of hydrogen-bond donors (Lipinski definition) is 6. The van der Waals surface area contributed by atoms with Crippen molar-refractivity contribution in [3.63, 3.8) is 0 Å². The first-order chi connectivity index (χ1) is 27.3. The number of benzene rings is 3. The number of carboxylic acid groups (broad SMARTS) is 1. The molecule has 57 heavy (non-hydrogen) atoms. The molecule has 5 amide bonds. The topological polar surface area (TPSA) is 194 Å². The number of nitrogens with two attached hydrogens (primary N) is 1. The zero-order chi connectivity index (χ0) is 41.0. The van der Waals surface area contributed by atoms with E-state index in [1.54, 1.807) is 67.0 Å². The number of fused-ring (bicyclic) bond motifs is 1. The van der Waals surface area contributed by atoms with Gasteiger partial charge in [-0.25, -0.2) is 9.59 Å². The summed E-state index contributed by atoms with van der Waals surface area (Å²) in [5, 5.41) is 21.3. The average molecular weight is 776 g/mol. The van der Waals surface area contributed by atoms with E-state index in [1.165, 1.54) is 0 Å². The highest BCUT2D eigenvalue weighted by atomic mass is 16.4. The number of urea groups is 1. The van der Waals surface area contributed by atoms with Crippen LogP contribution in [-0.2, 0) is 16.1 Å². The van der Waals surface area contributed by atoms with Crippen molar-refractivity contribution in [2.45, 2.75) is 40.4 Å². The molecule has 15 nitrogen and oxygen atoms in total. The number of piperazine rings is 1. The number of anilines is 4. The minimum absolute atomic E-state index is 0.0271. The van der Waals surface area contributed by atoms with E-state index in [4.69, 9.17) is 5.73 Å². The second kappa shape index (κ2) is 17.2. The Kier molecular flexibility index (Phi) is 12.2. The van der Waals surface area contributed by atoms with Crippen molar-refractivity contribution < 1.29 is 29.1 Å². The van der Waals surface area contributed by atoms with E-state index < -0.39 is 30.0 Å². The van der Waals surface area contributed by atoms with Crippen molar-refractivity contribution in [3.8, 4) is 0 Å². The molecule has 6 rings (SSSR count). The van der Waals surface area contributed by atoms with Gasteiger partial charge in [0.2, 0.25) is 0 Å². The maximum Gasteiger partial charge on any atom is 0.337 e. The van der Waals surface area contributed by atoms with Gasteiger partial charge in [-0.15, -0.1) is 0 Å². The molecule has 0 radical (unpaired) electrons. The highest BCUT2D eigenvalue weighted by molar-refractivity contribution is 6.35. The zero-order valence-electron chi connectivity index (χ0n) is 32.8. The van der Waals surface area contributed by atoms with Crippen molar-refractivity contribution >= 4 is 64.1 Å². The van der Waals surface area contributed by atoms with E-state index in [2.05, 4.69) is 38.1 Å². The standard InChI is InChI=1S/C42H49N9O6/c1-6-50(7-2)40(37(43)52)51-26(4)36(41(55)56)25(3)35(51)23-33-32-16-15-31(22-34(32)47-39(33)54)46-42(57)45-30-10-8-9-29(21-30)44-38(53)28-13-11-27(12-14-28)24-49-19-17-48(5)18-20-49/h8-16,21-23,40H,6-7,17-20,24H2,1-5H3,(H2,43,52)(H,44,53)(H,47,54)(H,55,56)(H2,45,46,57). The van der Waals surface area contributed by atoms with Crippen molar-refractivity contribution in [1.82, 2.24) is 19.3 Å². The predicted octanol–water partition coefficient (Wildman–Crippen LogP) is 5.27. The fraction of sp³-hybridized carbons (Fsp3) is 0.310. The van der Waals surface area contributed by atoms with Gasteiger partial charge in [0.15, 0.2) is 6.17 Å². The van der Waals surface area contributed by atoms with Gasteiger partial charge < -0.3 is 41.6 Å². The first kappa shape index (κ1) is 40.4. The fourth-order valence-electron chi connectivity index (χ4n) is 7.48. The van der Waals surface area contributed by atoms with Crippen molar-refractivity contribution in [3.05, 3.63) is 106 Å². The third-order valence-electron chi connectivity index (χ3n) is 10.6. The summed E-state index contributed by atoms with van der Waals surface area (Å²) in [7, 11) is 2.13. The lowest BCUT2D eigenvalue weighted by Crippen LogP contribution is -2.43. The lowest BCUT2D eigenvalue weighted by atomic mass is 10.0. The Morgan fingerprint density at radius 3 is 2.14 bits per heavy atom. The van der Waals surface area contributed by atoms with Crippen LogP contribution in [0.2, 0.25) is 0 Å². The van der Waals surface area contributed by atoms with E-state index >= 15 is 0 Å². The number of amides is 5. The van der Waals surface area contributed by atoms with E-state index in [0.717, 1.165) is 38.3 Å². The predicted molar refractivity (Wildman–Crippen MR) is 221 cm³/mol. The smallest absolute Gasteiger partial charge is 0.337 e. The molecule has 4 aromatic rings. The number of rotatable bonds is 13. The first-order valence-electron chi connectivity index (χ1n) is 18.9. The normalized spacial score (nSPS) is 15.6. The van der Waals surface area contributed by atoms with Gasteiger partial charge >= 0.3 is 12.0 Å². The van der Waals surface area contributed by atoms with Crippen molar-refractivity contribution in [1.29, 1.82) is 0 Å². The van der Waals surface area contributed by atoms with Crippen LogP contribution in [0.1, 0.15) is 68.8 Å². The number of carboxylic acids is 1. The molecule has 15 heteroatoms. The summed E-state index contributed by atoms with van der Waals surface area (Å²) in [5.41, 5.74) is 11.2. The number of aromatic carboxylic acids is 1. The molecule has 298 valence electrons. The molecule has 0 saturated carbocycles. The molecule has 3 heterocycles. The van der Waals surface area contributed by atoms with Gasteiger partial charge in [0.1, 0.15) is 0 Å². The largest absolute Gasteiger partial charge is 0.478 e. The number of carbonyl (C=O) groups is 5. The molecule has 2 aliphatic heterocycles.